The molecule has 1 fully saturated rings. The van der Waals surface area contributed by atoms with Gasteiger partial charge < -0.3 is 19.4 Å². The molecule has 7 heteroatoms. The van der Waals surface area contributed by atoms with Gasteiger partial charge in [0.05, 0.1) is 18.8 Å². The Hall–Kier alpha value is -3.16. The molecule has 0 aliphatic carbocycles. The number of benzene rings is 2. The number of halogens is 1. The van der Waals surface area contributed by atoms with E-state index in [1.165, 1.54) is 5.56 Å². The lowest BCUT2D eigenvalue weighted by Gasteiger charge is -2.26. The maximum atomic E-state index is 6.46. The fourth-order valence-corrected chi connectivity index (χ4v) is 5.28. The molecule has 0 amide bonds. The van der Waals surface area contributed by atoms with Gasteiger partial charge in [-0.05, 0) is 78.8 Å². The molecule has 172 valence electrons. The van der Waals surface area contributed by atoms with Crippen LogP contribution in [0, 0.1) is 6.92 Å². The second-order valence-electron chi connectivity index (χ2n) is 8.29. The summed E-state index contributed by atoms with van der Waals surface area (Å²) in [5.74, 6) is 2.47. The third kappa shape index (κ3) is 4.45. The fourth-order valence-electron chi connectivity index (χ4n) is 4.29. The SMILES string of the molecule is COc1ccc(CN2C(=S)NC(c3ccccn3)C2c2ccc(-c3ccc(C)cc3Br)o2)cc1. The van der Waals surface area contributed by atoms with E-state index in [0.29, 0.717) is 11.7 Å². The molecule has 2 unspecified atom stereocenters. The summed E-state index contributed by atoms with van der Waals surface area (Å²) in [6, 6.07) is 24.0. The highest BCUT2D eigenvalue weighted by atomic mass is 79.9. The van der Waals surface area contributed by atoms with E-state index in [2.05, 4.69) is 68.4 Å². The van der Waals surface area contributed by atoms with Gasteiger partial charge in [0.1, 0.15) is 23.3 Å². The van der Waals surface area contributed by atoms with Crippen LogP contribution in [0.3, 0.4) is 0 Å². The first kappa shape index (κ1) is 22.6. The Labute approximate surface area is 212 Å². The van der Waals surface area contributed by atoms with Crippen LogP contribution in [0.2, 0.25) is 0 Å². The van der Waals surface area contributed by atoms with Gasteiger partial charge >= 0.3 is 0 Å². The van der Waals surface area contributed by atoms with E-state index in [9.17, 15) is 0 Å². The summed E-state index contributed by atoms with van der Waals surface area (Å²) in [6.07, 6.45) is 1.81. The van der Waals surface area contributed by atoms with Crippen LogP contribution in [0.5, 0.6) is 5.75 Å². The number of nitrogens with one attached hydrogen (secondary N) is 1. The summed E-state index contributed by atoms with van der Waals surface area (Å²) in [4.78, 5) is 6.78. The molecule has 5 nitrogen and oxygen atoms in total. The third-order valence-electron chi connectivity index (χ3n) is 6.02. The number of furan rings is 1. The summed E-state index contributed by atoms with van der Waals surface area (Å²) < 4.78 is 12.8. The van der Waals surface area contributed by atoms with Crippen LogP contribution in [-0.4, -0.2) is 22.1 Å². The lowest BCUT2D eigenvalue weighted by molar-refractivity contribution is 0.269. The number of aryl methyl sites for hydroxylation is 1. The Bertz CT molecular complexity index is 1310. The highest BCUT2D eigenvalue weighted by Crippen LogP contribution is 2.42. The first-order chi connectivity index (χ1) is 16.5. The molecule has 5 rings (SSSR count). The summed E-state index contributed by atoms with van der Waals surface area (Å²) in [6.45, 7) is 2.70. The molecule has 0 radical (unpaired) electrons. The van der Waals surface area contributed by atoms with Crippen LogP contribution in [0.15, 0.2) is 87.9 Å². The van der Waals surface area contributed by atoms with E-state index in [1.807, 2.05) is 42.5 Å². The lowest BCUT2D eigenvalue weighted by Crippen LogP contribution is -2.29. The van der Waals surface area contributed by atoms with Crippen molar-refractivity contribution in [3.63, 3.8) is 0 Å². The van der Waals surface area contributed by atoms with Crippen molar-refractivity contribution < 1.29 is 9.15 Å². The number of nitrogens with zero attached hydrogens (tertiary/aromatic N) is 2. The summed E-state index contributed by atoms with van der Waals surface area (Å²) >= 11 is 9.47. The van der Waals surface area contributed by atoms with E-state index >= 15 is 0 Å². The standard InChI is InChI=1S/C27H24BrN3O2S/c1-17-6-11-20(21(28)15-17)23-12-13-24(33-23)26-25(22-5-3-4-14-29-22)30-27(34)31(26)16-18-7-9-19(32-2)10-8-18/h3-15,25-26H,16H2,1-2H3,(H,30,34). The van der Waals surface area contributed by atoms with Crippen molar-refractivity contribution >= 4 is 33.3 Å². The normalized spacial score (nSPS) is 17.6. The number of hydrogen-bond acceptors (Lipinski definition) is 4. The van der Waals surface area contributed by atoms with Crippen molar-refractivity contribution in [1.29, 1.82) is 0 Å². The fraction of sp³-hybridized carbons (Fsp3) is 0.185. The van der Waals surface area contributed by atoms with Gasteiger partial charge in [-0.25, -0.2) is 0 Å². The van der Waals surface area contributed by atoms with Crippen LogP contribution in [-0.2, 0) is 6.54 Å². The average molecular weight is 534 g/mol. The lowest BCUT2D eigenvalue weighted by atomic mass is 10.0. The van der Waals surface area contributed by atoms with E-state index in [-0.39, 0.29) is 12.1 Å². The van der Waals surface area contributed by atoms with Crippen molar-refractivity contribution in [2.45, 2.75) is 25.6 Å². The van der Waals surface area contributed by atoms with Crippen LogP contribution in [0.25, 0.3) is 11.3 Å². The van der Waals surface area contributed by atoms with Gasteiger partial charge in [0.2, 0.25) is 0 Å². The third-order valence-corrected chi connectivity index (χ3v) is 7.03. The van der Waals surface area contributed by atoms with Gasteiger partial charge in [-0.15, -0.1) is 0 Å². The number of aromatic nitrogens is 1. The zero-order valence-electron chi connectivity index (χ0n) is 18.9. The summed E-state index contributed by atoms with van der Waals surface area (Å²) in [5, 5.41) is 4.15. The molecule has 3 heterocycles. The maximum absolute atomic E-state index is 6.46. The molecule has 0 spiro atoms. The maximum Gasteiger partial charge on any atom is 0.170 e. The summed E-state index contributed by atoms with van der Waals surface area (Å²) in [7, 11) is 1.67. The van der Waals surface area contributed by atoms with Crippen molar-refractivity contribution in [3.05, 3.63) is 106 Å². The van der Waals surface area contributed by atoms with Gasteiger partial charge in [-0.2, -0.15) is 0 Å². The Morgan fingerprint density at radius 1 is 1.09 bits per heavy atom. The molecule has 0 bridgehead atoms. The minimum atomic E-state index is -0.150. The first-order valence-corrected chi connectivity index (χ1v) is 12.2. The topological polar surface area (TPSA) is 50.5 Å². The zero-order valence-corrected chi connectivity index (χ0v) is 21.3. The molecule has 1 saturated heterocycles. The predicted octanol–water partition coefficient (Wildman–Crippen LogP) is 6.59. The molecule has 2 atom stereocenters. The Morgan fingerprint density at radius 3 is 2.62 bits per heavy atom. The monoisotopic (exact) mass is 533 g/mol. The molecular weight excluding hydrogens is 510 g/mol. The number of methoxy groups -OCH3 is 1. The Morgan fingerprint density at radius 2 is 1.91 bits per heavy atom. The average Bonchev–Trinajstić information content (AvgIpc) is 3.45. The van der Waals surface area contributed by atoms with Crippen LogP contribution < -0.4 is 10.1 Å². The molecule has 1 aliphatic rings. The van der Waals surface area contributed by atoms with Crippen LogP contribution in [0.4, 0.5) is 0 Å². The van der Waals surface area contributed by atoms with Crippen molar-refractivity contribution in [2.75, 3.05) is 7.11 Å². The van der Waals surface area contributed by atoms with Gasteiger partial charge in [0.15, 0.2) is 5.11 Å². The number of hydrogen-bond donors (Lipinski definition) is 1. The first-order valence-electron chi connectivity index (χ1n) is 11.0. The minimum Gasteiger partial charge on any atom is -0.497 e. The van der Waals surface area contributed by atoms with Crippen LogP contribution >= 0.6 is 28.1 Å². The van der Waals surface area contributed by atoms with E-state index in [4.69, 9.17) is 21.4 Å². The zero-order chi connectivity index (χ0) is 23.7. The van der Waals surface area contributed by atoms with Crippen molar-refractivity contribution in [3.8, 4) is 17.1 Å². The smallest absolute Gasteiger partial charge is 0.170 e. The van der Waals surface area contributed by atoms with Crippen molar-refractivity contribution in [1.82, 2.24) is 15.2 Å². The molecule has 0 saturated carbocycles. The second kappa shape index (κ2) is 9.60. The molecule has 4 aromatic rings. The number of rotatable bonds is 6. The van der Waals surface area contributed by atoms with Crippen molar-refractivity contribution in [2.24, 2.45) is 0 Å². The highest BCUT2D eigenvalue weighted by Gasteiger charge is 2.41. The van der Waals surface area contributed by atoms with Crippen LogP contribution in [0.1, 0.15) is 34.7 Å². The minimum absolute atomic E-state index is 0.132. The molecule has 1 N–H and O–H groups in total. The molecular formula is C27H24BrN3O2S. The highest BCUT2D eigenvalue weighted by molar-refractivity contribution is 9.10. The molecule has 2 aromatic heterocycles. The largest absolute Gasteiger partial charge is 0.497 e. The number of ether oxygens (including phenoxy) is 1. The van der Waals surface area contributed by atoms with E-state index < -0.39 is 0 Å². The number of pyridine rings is 1. The predicted molar refractivity (Wildman–Crippen MR) is 141 cm³/mol. The number of thiocarbonyl (C=S) groups is 1. The van der Waals surface area contributed by atoms with Gasteiger partial charge in [0.25, 0.3) is 0 Å². The van der Waals surface area contributed by atoms with E-state index in [0.717, 1.165) is 38.6 Å². The molecule has 2 aromatic carbocycles. The molecule has 1 aliphatic heterocycles. The second-order valence-corrected chi connectivity index (χ2v) is 9.53. The Kier molecular flexibility index (Phi) is 6.39. The quantitative estimate of drug-likeness (QED) is 0.282. The molecule has 34 heavy (non-hydrogen) atoms. The summed E-state index contributed by atoms with van der Waals surface area (Å²) in [5.41, 5.74) is 4.25. The van der Waals surface area contributed by atoms with E-state index in [1.54, 1.807) is 13.3 Å². The Balaban J connectivity index is 1.52. The van der Waals surface area contributed by atoms with Gasteiger partial charge in [0, 0.05) is 22.8 Å². The van der Waals surface area contributed by atoms with Gasteiger partial charge in [-0.3, -0.25) is 4.98 Å². The van der Waals surface area contributed by atoms with Gasteiger partial charge in [-0.1, -0.05) is 40.2 Å².